The summed E-state index contributed by atoms with van der Waals surface area (Å²) in [4.78, 5) is 31.6. The monoisotopic (exact) mass is 282 g/mol. The van der Waals surface area contributed by atoms with Gasteiger partial charge in [0.15, 0.2) is 0 Å². The average Bonchev–Trinajstić information content (AvgIpc) is 2.40. The topological polar surface area (TPSA) is 139 Å². The van der Waals surface area contributed by atoms with E-state index < -0.39 is 24.0 Å². The van der Waals surface area contributed by atoms with Crippen molar-refractivity contribution >= 4 is 11.9 Å². The zero-order valence-corrected chi connectivity index (χ0v) is 10.4. The van der Waals surface area contributed by atoms with Crippen LogP contribution in [0.1, 0.15) is 18.0 Å². The molecule has 0 radical (unpaired) electrons. The number of hydrogen-bond acceptors (Lipinski definition) is 6. The maximum absolute atomic E-state index is 10.7. The molecule has 0 aliphatic heterocycles. The van der Waals surface area contributed by atoms with E-state index in [1.54, 1.807) is 0 Å². The smallest absolute Gasteiger partial charge is 0.336 e. The molecular formula is C12H14N2O6. The van der Waals surface area contributed by atoms with Gasteiger partial charge in [-0.05, 0) is 22.9 Å². The van der Waals surface area contributed by atoms with Gasteiger partial charge in [0.1, 0.15) is 11.8 Å². The summed E-state index contributed by atoms with van der Waals surface area (Å²) in [7, 11) is 0. The first-order chi connectivity index (χ1) is 9.45. The number of nitrogens with two attached hydrogens (primary N) is 1. The summed E-state index contributed by atoms with van der Waals surface area (Å²) in [6.07, 6.45) is 0.144. The van der Waals surface area contributed by atoms with Crippen LogP contribution in [-0.2, 0) is 9.59 Å². The number of carboxylic acid groups (broad SMARTS) is 2. The van der Waals surface area contributed by atoms with Crippen molar-refractivity contribution in [1.82, 2.24) is 0 Å². The molecule has 108 valence electrons. The minimum absolute atomic E-state index is 0.112. The number of hydrogen-bond donors (Lipinski definition) is 3. The van der Waals surface area contributed by atoms with Crippen molar-refractivity contribution in [2.45, 2.75) is 18.5 Å². The second-order valence-electron chi connectivity index (χ2n) is 4.00. The third-order valence-electron chi connectivity index (χ3n) is 2.55. The van der Waals surface area contributed by atoms with Crippen LogP contribution in [0, 0.1) is 4.91 Å². The van der Waals surface area contributed by atoms with Crippen molar-refractivity contribution in [3.05, 3.63) is 34.7 Å². The van der Waals surface area contributed by atoms with Crippen molar-refractivity contribution < 1.29 is 24.5 Å². The second kappa shape index (κ2) is 7.19. The van der Waals surface area contributed by atoms with Crippen LogP contribution in [0.2, 0.25) is 0 Å². The molecule has 8 heteroatoms. The Kier molecular flexibility index (Phi) is 5.60. The van der Waals surface area contributed by atoms with E-state index in [0.717, 1.165) is 0 Å². The van der Waals surface area contributed by atoms with Crippen molar-refractivity contribution in [1.29, 1.82) is 0 Å². The van der Waals surface area contributed by atoms with Gasteiger partial charge in [0, 0.05) is 6.42 Å². The zero-order valence-electron chi connectivity index (χ0n) is 10.4. The van der Waals surface area contributed by atoms with Gasteiger partial charge in [-0.3, -0.25) is 4.79 Å². The number of benzene rings is 1. The minimum Gasteiger partial charge on any atom is -0.494 e. The predicted octanol–water partition coefficient (Wildman–Crippen LogP) is 0.759. The van der Waals surface area contributed by atoms with Crippen LogP contribution in [0.3, 0.4) is 0 Å². The third-order valence-corrected chi connectivity index (χ3v) is 2.55. The summed E-state index contributed by atoms with van der Waals surface area (Å²) in [5.41, 5.74) is 5.54. The van der Waals surface area contributed by atoms with Gasteiger partial charge < -0.3 is 20.7 Å². The summed E-state index contributed by atoms with van der Waals surface area (Å²) < 4.78 is 5.26. The second-order valence-corrected chi connectivity index (χ2v) is 4.00. The molecule has 0 bridgehead atoms. The predicted molar refractivity (Wildman–Crippen MR) is 68.3 cm³/mol. The van der Waals surface area contributed by atoms with Crippen LogP contribution in [0.4, 0.5) is 0 Å². The molecular weight excluding hydrogens is 268 g/mol. The summed E-state index contributed by atoms with van der Waals surface area (Å²) in [6, 6.07) is 3.32. The van der Waals surface area contributed by atoms with Gasteiger partial charge in [-0.1, -0.05) is 12.1 Å². The molecule has 0 saturated carbocycles. The van der Waals surface area contributed by atoms with Crippen molar-refractivity contribution in [3.8, 4) is 5.75 Å². The number of rotatable bonds is 8. The number of ether oxygens (including phenoxy) is 1. The number of carbonyl (C=O) groups is 2. The van der Waals surface area contributed by atoms with Gasteiger partial charge in [-0.15, -0.1) is 4.91 Å². The lowest BCUT2D eigenvalue weighted by Gasteiger charge is -2.10. The van der Waals surface area contributed by atoms with E-state index in [1.165, 1.54) is 24.3 Å². The highest BCUT2D eigenvalue weighted by atomic mass is 16.5. The molecule has 0 fully saturated rings. The van der Waals surface area contributed by atoms with E-state index in [2.05, 4.69) is 5.18 Å². The van der Waals surface area contributed by atoms with Gasteiger partial charge >= 0.3 is 11.9 Å². The van der Waals surface area contributed by atoms with E-state index in [0.29, 0.717) is 5.75 Å². The summed E-state index contributed by atoms with van der Waals surface area (Å²) in [5, 5.41) is 19.9. The fourth-order valence-electron chi connectivity index (χ4n) is 1.42. The first kappa shape index (κ1) is 15.6. The first-order valence-corrected chi connectivity index (χ1v) is 5.72. The van der Waals surface area contributed by atoms with Gasteiger partial charge in [-0.2, -0.15) is 0 Å². The zero-order chi connectivity index (χ0) is 15.1. The fraction of sp³-hybridized carbons (Fsp3) is 0.333. The molecule has 1 aromatic rings. The lowest BCUT2D eigenvalue weighted by Crippen LogP contribution is -2.31. The number of nitroso groups, excluding NO2 is 1. The summed E-state index contributed by atoms with van der Waals surface area (Å²) >= 11 is 0. The quantitative estimate of drug-likeness (QED) is 0.598. The first-order valence-electron chi connectivity index (χ1n) is 5.72. The maximum Gasteiger partial charge on any atom is 0.336 e. The van der Waals surface area contributed by atoms with Crippen molar-refractivity contribution in [2.75, 3.05) is 6.61 Å². The highest BCUT2D eigenvalue weighted by Crippen LogP contribution is 2.21. The molecule has 0 saturated heterocycles. The van der Waals surface area contributed by atoms with Crippen molar-refractivity contribution in [3.63, 3.8) is 0 Å². The largest absolute Gasteiger partial charge is 0.494 e. The molecule has 0 aliphatic rings. The SMILES string of the molecule is NC(CCOc1ccc(C(N=O)C(=O)O)cc1)C(=O)O. The van der Waals surface area contributed by atoms with E-state index in [9.17, 15) is 14.5 Å². The molecule has 0 heterocycles. The Balaban J connectivity index is 2.56. The number of nitrogens with zero attached hydrogens (tertiary/aromatic N) is 1. The molecule has 1 rings (SSSR count). The molecule has 0 aliphatic carbocycles. The van der Waals surface area contributed by atoms with E-state index in [-0.39, 0.29) is 18.6 Å². The highest BCUT2D eigenvalue weighted by molar-refractivity contribution is 5.75. The lowest BCUT2D eigenvalue weighted by atomic mass is 10.1. The Morgan fingerprint density at radius 2 is 1.80 bits per heavy atom. The van der Waals surface area contributed by atoms with E-state index >= 15 is 0 Å². The van der Waals surface area contributed by atoms with Gasteiger partial charge in [0.2, 0.25) is 6.04 Å². The van der Waals surface area contributed by atoms with Crippen LogP contribution in [0.15, 0.2) is 29.4 Å². The Morgan fingerprint density at radius 3 is 2.25 bits per heavy atom. The minimum atomic E-state index is -1.45. The molecule has 0 amide bonds. The van der Waals surface area contributed by atoms with Gasteiger partial charge in [0.25, 0.3) is 0 Å². The van der Waals surface area contributed by atoms with Crippen molar-refractivity contribution in [2.24, 2.45) is 10.9 Å². The molecule has 20 heavy (non-hydrogen) atoms. The molecule has 4 N–H and O–H groups in total. The van der Waals surface area contributed by atoms with Gasteiger partial charge in [-0.25, -0.2) is 4.79 Å². The Bertz CT molecular complexity index is 487. The van der Waals surface area contributed by atoms with Crippen LogP contribution in [0.25, 0.3) is 0 Å². The molecule has 0 aromatic heterocycles. The molecule has 1 aromatic carbocycles. The van der Waals surface area contributed by atoms with Crippen LogP contribution in [-0.4, -0.2) is 34.8 Å². The molecule has 8 nitrogen and oxygen atoms in total. The number of carboxylic acids is 2. The van der Waals surface area contributed by atoms with Crippen LogP contribution < -0.4 is 10.5 Å². The Morgan fingerprint density at radius 1 is 1.20 bits per heavy atom. The average molecular weight is 282 g/mol. The summed E-state index contributed by atoms with van der Waals surface area (Å²) in [6.45, 7) is 0.112. The highest BCUT2D eigenvalue weighted by Gasteiger charge is 2.20. The number of aliphatic carboxylic acids is 2. The summed E-state index contributed by atoms with van der Waals surface area (Å²) in [5.74, 6) is -2.02. The van der Waals surface area contributed by atoms with E-state index in [1.807, 2.05) is 0 Å². The Hall–Kier alpha value is -2.48. The lowest BCUT2D eigenvalue weighted by molar-refractivity contribution is -0.139. The van der Waals surface area contributed by atoms with Crippen LogP contribution >= 0.6 is 0 Å². The third kappa shape index (κ3) is 4.32. The maximum atomic E-state index is 10.7. The molecule has 0 spiro atoms. The Labute approximate surface area is 114 Å². The fourth-order valence-corrected chi connectivity index (χ4v) is 1.42. The standard InChI is InChI=1S/C12H14N2O6/c13-9(11(15)16)5-6-20-8-3-1-7(2-4-8)10(14-19)12(17)18/h1-4,9-10H,5-6,13H2,(H,15,16)(H,17,18). The molecule has 2 unspecified atom stereocenters. The normalized spacial score (nSPS) is 13.2. The van der Waals surface area contributed by atoms with E-state index in [4.69, 9.17) is 20.7 Å². The molecule has 2 atom stereocenters. The van der Waals surface area contributed by atoms with Gasteiger partial charge in [0.05, 0.1) is 6.61 Å². The van der Waals surface area contributed by atoms with Crippen LogP contribution in [0.5, 0.6) is 5.75 Å².